The summed E-state index contributed by atoms with van der Waals surface area (Å²) in [4.78, 5) is 53.4. The number of nitrogens with one attached hydrogen (secondary N) is 2. The molecule has 14 heteroatoms. The number of carbonyl (C=O) groups excluding carboxylic acids is 4. The fraction of sp³-hybridized carbons (Fsp3) is 0.279. The molecule has 0 spiro atoms. The van der Waals surface area contributed by atoms with E-state index in [1.807, 2.05) is 12.1 Å². The van der Waals surface area contributed by atoms with E-state index >= 15 is 0 Å². The molecule has 0 aliphatic carbocycles. The quantitative estimate of drug-likeness (QED) is 0.102. The molecule has 0 aromatic heterocycles. The van der Waals surface area contributed by atoms with E-state index in [1.54, 1.807) is 36.4 Å². The van der Waals surface area contributed by atoms with Gasteiger partial charge in [-0.1, -0.05) is 118 Å². The number of benzene rings is 4. The number of nitrogens with zero attached hydrogens (tertiary/aromatic N) is 2. The average Bonchev–Trinajstić information content (AvgIpc) is 3.45. The lowest BCUT2D eigenvalue weighted by atomic mass is 9.76. The van der Waals surface area contributed by atoms with Crippen LogP contribution in [-0.4, -0.2) is 42.2 Å². The molecular formula is C43H42Cl4N4O6. The molecule has 4 aromatic rings. The first kappa shape index (κ1) is 43.3. The van der Waals surface area contributed by atoms with Crippen LogP contribution in [0.3, 0.4) is 0 Å². The predicted octanol–water partition coefficient (Wildman–Crippen LogP) is 10.4. The number of hydrogen-bond donors (Lipinski definition) is 2. The Bertz CT molecular complexity index is 2230. The first-order valence-corrected chi connectivity index (χ1v) is 19.6. The van der Waals surface area contributed by atoms with Gasteiger partial charge in [-0.3, -0.25) is 14.4 Å². The minimum absolute atomic E-state index is 0.0138. The fourth-order valence-corrected chi connectivity index (χ4v) is 6.80. The van der Waals surface area contributed by atoms with Crippen LogP contribution in [0.2, 0.25) is 20.1 Å². The molecular weight excluding hydrogens is 810 g/mol. The largest absolute Gasteiger partial charge is 0.483 e. The molecule has 2 N–H and O–H groups in total. The lowest BCUT2D eigenvalue weighted by Crippen LogP contribution is -2.43. The highest BCUT2D eigenvalue weighted by Gasteiger charge is 2.42. The first-order valence-electron chi connectivity index (χ1n) is 18.1. The van der Waals surface area contributed by atoms with Gasteiger partial charge in [-0.2, -0.15) is 5.01 Å². The second-order valence-corrected chi connectivity index (χ2v) is 16.3. The smallest absolute Gasteiger partial charge is 0.332 e. The molecule has 4 aromatic carbocycles. The summed E-state index contributed by atoms with van der Waals surface area (Å²) in [5.74, 6) is -2.62. The van der Waals surface area contributed by atoms with Gasteiger partial charge in [-0.25, -0.2) is 4.79 Å². The average molecular weight is 853 g/mol. The van der Waals surface area contributed by atoms with Crippen molar-refractivity contribution in [1.29, 1.82) is 0 Å². The van der Waals surface area contributed by atoms with Crippen molar-refractivity contribution in [2.45, 2.75) is 71.3 Å². The van der Waals surface area contributed by atoms with Crippen LogP contribution in [-0.2, 0) is 30.0 Å². The van der Waals surface area contributed by atoms with Gasteiger partial charge >= 0.3 is 5.97 Å². The molecule has 298 valence electrons. The van der Waals surface area contributed by atoms with E-state index < -0.39 is 29.8 Å². The highest BCUT2D eigenvalue weighted by Crippen LogP contribution is 2.40. The number of carbonyl (C=O) groups is 4. The van der Waals surface area contributed by atoms with Crippen LogP contribution >= 0.6 is 46.4 Å². The van der Waals surface area contributed by atoms with Gasteiger partial charge in [0, 0.05) is 32.9 Å². The number of amides is 3. The van der Waals surface area contributed by atoms with Gasteiger partial charge in [0.05, 0.1) is 10.0 Å². The van der Waals surface area contributed by atoms with Crippen LogP contribution in [0.25, 0.3) is 6.08 Å². The van der Waals surface area contributed by atoms with E-state index in [0.717, 1.165) is 29.5 Å². The molecule has 57 heavy (non-hydrogen) atoms. The maximum absolute atomic E-state index is 13.7. The van der Waals surface area contributed by atoms with Gasteiger partial charge in [0.1, 0.15) is 11.4 Å². The maximum Gasteiger partial charge on any atom is 0.332 e. The Labute approximate surface area is 352 Å². The molecule has 1 unspecified atom stereocenters. The van der Waals surface area contributed by atoms with Gasteiger partial charge in [0.15, 0.2) is 12.4 Å². The number of anilines is 2. The molecule has 1 atom stereocenters. The Morgan fingerprint density at radius 2 is 1.49 bits per heavy atom. The van der Waals surface area contributed by atoms with Gasteiger partial charge in [-0.15, -0.1) is 5.10 Å². The van der Waals surface area contributed by atoms with Gasteiger partial charge in [0.25, 0.3) is 17.7 Å². The molecule has 0 saturated heterocycles. The summed E-state index contributed by atoms with van der Waals surface area (Å²) in [5.41, 5.74) is 3.01. The van der Waals surface area contributed by atoms with E-state index in [2.05, 4.69) is 63.3 Å². The summed E-state index contributed by atoms with van der Waals surface area (Å²) in [7, 11) is 0. The minimum Gasteiger partial charge on any atom is -0.483 e. The van der Waals surface area contributed by atoms with Crippen LogP contribution in [0.1, 0.15) is 81.4 Å². The fourth-order valence-electron chi connectivity index (χ4n) is 5.69. The zero-order valence-corrected chi connectivity index (χ0v) is 35.2. The second kappa shape index (κ2) is 18.2. The molecule has 0 bridgehead atoms. The third-order valence-electron chi connectivity index (χ3n) is 9.87. The number of ether oxygens (including phenoxy) is 2. The van der Waals surface area contributed by atoms with E-state index in [9.17, 15) is 19.2 Å². The molecule has 0 fully saturated rings. The molecule has 10 nitrogen and oxygen atoms in total. The highest BCUT2D eigenvalue weighted by atomic mass is 35.5. The number of rotatable bonds is 13. The van der Waals surface area contributed by atoms with Crippen molar-refractivity contribution in [3.05, 3.63) is 127 Å². The van der Waals surface area contributed by atoms with Crippen LogP contribution in [0, 0.1) is 0 Å². The van der Waals surface area contributed by atoms with E-state index in [-0.39, 0.29) is 49.6 Å². The summed E-state index contributed by atoms with van der Waals surface area (Å²) in [6, 6.07) is 21.7. The summed E-state index contributed by atoms with van der Waals surface area (Å²) < 4.78 is 11.6. The van der Waals surface area contributed by atoms with E-state index in [1.165, 1.54) is 35.9 Å². The third-order valence-corrected chi connectivity index (χ3v) is 10.9. The summed E-state index contributed by atoms with van der Waals surface area (Å²) >= 11 is 24.8. The van der Waals surface area contributed by atoms with E-state index in [0.29, 0.717) is 22.0 Å². The van der Waals surface area contributed by atoms with Crippen LogP contribution in [0.4, 0.5) is 11.4 Å². The molecule has 1 aliphatic rings. The Morgan fingerprint density at radius 3 is 2.14 bits per heavy atom. The Hall–Kier alpha value is -4.87. The second-order valence-electron chi connectivity index (χ2n) is 14.6. The van der Waals surface area contributed by atoms with Gasteiger partial charge < -0.3 is 20.1 Å². The van der Waals surface area contributed by atoms with Gasteiger partial charge in [0.2, 0.25) is 6.10 Å². The van der Waals surface area contributed by atoms with Crippen molar-refractivity contribution >= 4 is 93.4 Å². The van der Waals surface area contributed by atoms with Crippen molar-refractivity contribution in [3.8, 4) is 5.75 Å². The van der Waals surface area contributed by atoms with Gasteiger partial charge in [-0.05, 0) is 89.4 Å². The number of amidine groups is 1. The van der Waals surface area contributed by atoms with Crippen molar-refractivity contribution in [3.63, 3.8) is 0 Å². The Kier molecular flexibility index (Phi) is 13.8. The Morgan fingerprint density at radius 1 is 0.825 bits per heavy atom. The van der Waals surface area contributed by atoms with Crippen LogP contribution < -0.4 is 20.4 Å². The van der Waals surface area contributed by atoms with Crippen molar-refractivity contribution < 1.29 is 28.7 Å². The summed E-state index contributed by atoms with van der Waals surface area (Å²) in [6.07, 6.45) is 2.73. The number of esters is 1. The molecule has 5 rings (SSSR count). The zero-order valence-electron chi connectivity index (χ0n) is 32.2. The monoisotopic (exact) mass is 850 g/mol. The maximum atomic E-state index is 13.7. The lowest BCUT2D eigenvalue weighted by molar-refractivity contribution is -0.145. The predicted molar refractivity (Wildman–Crippen MR) is 228 cm³/mol. The highest BCUT2D eigenvalue weighted by molar-refractivity contribution is 6.43. The minimum atomic E-state index is -1.69. The molecule has 0 radical (unpaired) electrons. The van der Waals surface area contributed by atoms with Crippen LogP contribution in [0.15, 0.2) is 90.0 Å². The third kappa shape index (κ3) is 10.6. The molecule has 0 saturated carbocycles. The summed E-state index contributed by atoms with van der Waals surface area (Å²) in [5, 5.41) is 11.1. The first-order chi connectivity index (χ1) is 26.9. The molecule has 3 amide bonds. The summed E-state index contributed by atoms with van der Waals surface area (Å²) in [6.45, 7) is 12.7. The number of hydrogen-bond acceptors (Lipinski definition) is 7. The number of hydrazone groups is 1. The topological polar surface area (TPSA) is 126 Å². The molecule has 1 aliphatic heterocycles. The standard InChI is InChI=1S/C43H42Cl4N4O6/c1-7-42(3,4)27-15-18-34(31(21-27)43(5,6)8-2)56-24-35(52)48-30-11-9-10-26(20-30)40(54)49-39-38(57-36(53)19-14-25-12-16-28(44)17-13-25)41(55)51(50-39)37-32(46)22-29(45)23-33(37)47/h9-23,38H,7-8,24H2,1-6H3,(H,48,52)(H,49,50,54). The van der Waals surface area contributed by atoms with Crippen LogP contribution in [0.5, 0.6) is 5.75 Å². The zero-order chi connectivity index (χ0) is 41.7. The molecule has 1 heterocycles. The van der Waals surface area contributed by atoms with Crippen molar-refractivity contribution in [2.24, 2.45) is 5.10 Å². The van der Waals surface area contributed by atoms with E-state index in [4.69, 9.17) is 55.9 Å². The van der Waals surface area contributed by atoms with Crippen molar-refractivity contribution in [1.82, 2.24) is 5.32 Å². The normalized spacial score (nSPS) is 14.4. The lowest BCUT2D eigenvalue weighted by Gasteiger charge is -2.30. The number of halogens is 4. The SMILES string of the molecule is CCC(C)(C)c1ccc(OCC(=O)Nc2cccc(C(=O)NC3=NN(c4c(Cl)cc(Cl)cc4Cl)C(=O)C3OC(=O)C=Cc3ccc(Cl)cc3)c2)c(C(C)(C)CC)c1. The Balaban J connectivity index is 1.33. The van der Waals surface area contributed by atoms with Crippen molar-refractivity contribution in [2.75, 3.05) is 16.9 Å².